The van der Waals surface area contributed by atoms with E-state index < -0.39 is 13.0 Å². The van der Waals surface area contributed by atoms with Crippen LogP contribution in [-0.4, -0.2) is 27.0 Å². The second-order valence-electron chi connectivity index (χ2n) is 3.91. The van der Waals surface area contributed by atoms with Crippen LogP contribution >= 0.6 is 7.14 Å². The molecule has 0 bridgehead atoms. The summed E-state index contributed by atoms with van der Waals surface area (Å²) in [6.45, 7) is 3.30. The molecular weight excluding hydrogens is 240 g/mol. The quantitative estimate of drug-likeness (QED) is 0.661. The molecule has 3 nitrogen and oxygen atoms in total. The average molecular weight is 255 g/mol. The number of nitrogens with one attached hydrogen (secondary N) is 1. The van der Waals surface area contributed by atoms with E-state index in [2.05, 4.69) is 11.2 Å². The van der Waals surface area contributed by atoms with Gasteiger partial charge in [-0.2, -0.15) is 0 Å². The number of benzene rings is 1. The van der Waals surface area contributed by atoms with Crippen LogP contribution in [0.25, 0.3) is 0 Å². The van der Waals surface area contributed by atoms with Crippen LogP contribution in [0.15, 0.2) is 12.1 Å². The average Bonchev–Trinajstić information content (AvgIpc) is 2.24. The van der Waals surface area contributed by atoms with Crippen LogP contribution < -0.4 is 15.4 Å². The Morgan fingerprint density at radius 1 is 1.53 bits per heavy atom. The Bertz CT molecular complexity index is 502. The Hall–Kier alpha value is -1.46. The predicted octanol–water partition coefficient (Wildman–Crippen LogP) is 2.13. The fraction of sp³-hybridized carbons (Fsp3) is 0.333. The molecule has 5 heteroatoms. The molecule has 1 aromatic carbocycles. The summed E-state index contributed by atoms with van der Waals surface area (Å²) in [6.07, 6.45) is 5.11. The lowest BCUT2D eigenvalue weighted by Crippen LogP contribution is -2.12. The zero-order chi connectivity index (χ0) is 13.1. The number of ether oxygens (including phenoxy) is 1. The van der Waals surface area contributed by atoms with Crippen molar-refractivity contribution in [3.63, 3.8) is 0 Å². The lowest BCUT2D eigenvalue weighted by Gasteiger charge is -2.14. The Kier molecular flexibility index (Phi) is 4.20. The van der Waals surface area contributed by atoms with Gasteiger partial charge in [0.1, 0.15) is 18.7 Å². The third kappa shape index (κ3) is 3.25. The number of halogens is 1. The van der Waals surface area contributed by atoms with Crippen LogP contribution in [0, 0.1) is 18.2 Å². The van der Waals surface area contributed by atoms with Gasteiger partial charge in [0, 0.05) is 6.07 Å². The van der Waals surface area contributed by atoms with Crippen molar-refractivity contribution in [1.29, 1.82) is 0 Å². The highest BCUT2D eigenvalue weighted by Gasteiger charge is 2.19. The molecule has 0 atom stereocenters. The number of anilines is 1. The maximum atomic E-state index is 13.8. The molecule has 0 fully saturated rings. The van der Waals surface area contributed by atoms with E-state index in [1.807, 2.05) is 0 Å². The molecule has 0 amide bonds. The molecular formula is C12H15FNO2P. The Morgan fingerprint density at radius 2 is 2.18 bits per heavy atom. The first-order chi connectivity index (χ1) is 7.90. The number of methoxy groups -OCH3 is 1. The first-order valence-electron chi connectivity index (χ1n) is 5.00. The first kappa shape index (κ1) is 13.6. The van der Waals surface area contributed by atoms with Gasteiger partial charge >= 0.3 is 0 Å². The molecule has 0 heterocycles. The van der Waals surface area contributed by atoms with Crippen molar-refractivity contribution in [1.82, 2.24) is 0 Å². The minimum Gasteiger partial charge on any atom is -0.495 e. The van der Waals surface area contributed by atoms with Crippen LogP contribution in [0.4, 0.5) is 10.1 Å². The molecule has 1 N–H and O–H groups in total. The molecule has 1 rings (SSSR count). The van der Waals surface area contributed by atoms with Gasteiger partial charge in [0.2, 0.25) is 0 Å². The molecule has 0 aliphatic rings. The van der Waals surface area contributed by atoms with E-state index in [0.717, 1.165) is 0 Å². The van der Waals surface area contributed by atoms with E-state index in [9.17, 15) is 8.96 Å². The van der Waals surface area contributed by atoms with E-state index in [4.69, 9.17) is 11.2 Å². The van der Waals surface area contributed by atoms with Crippen molar-refractivity contribution in [2.75, 3.05) is 32.3 Å². The maximum absolute atomic E-state index is 13.8. The van der Waals surface area contributed by atoms with Gasteiger partial charge in [-0.15, -0.1) is 6.42 Å². The molecule has 0 saturated carbocycles. The molecule has 17 heavy (non-hydrogen) atoms. The second kappa shape index (κ2) is 5.25. The molecule has 0 aliphatic heterocycles. The van der Waals surface area contributed by atoms with Crippen molar-refractivity contribution in [2.24, 2.45) is 0 Å². The topological polar surface area (TPSA) is 38.3 Å². The Labute approximate surface area is 101 Å². The molecule has 0 spiro atoms. The first-order valence-corrected chi connectivity index (χ1v) is 7.60. The molecule has 0 unspecified atom stereocenters. The summed E-state index contributed by atoms with van der Waals surface area (Å²) in [5, 5.41) is 3.02. The van der Waals surface area contributed by atoms with E-state index in [1.54, 1.807) is 0 Å². The minimum atomic E-state index is -2.66. The fourth-order valence-corrected chi connectivity index (χ4v) is 2.42. The number of hydrogen-bond donors (Lipinski definition) is 1. The molecule has 0 aliphatic carbocycles. The zero-order valence-electron chi connectivity index (χ0n) is 10.1. The highest BCUT2D eigenvalue weighted by molar-refractivity contribution is 7.70. The molecule has 0 aromatic heterocycles. The number of hydrogen-bond acceptors (Lipinski definition) is 3. The third-order valence-corrected chi connectivity index (χ3v) is 3.73. The summed E-state index contributed by atoms with van der Waals surface area (Å²) in [7, 11) is -1.20. The summed E-state index contributed by atoms with van der Waals surface area (Å²) >= 11 is 0. The Balaban J connectivity index is 3.26. The van der Waals surface area contributed by atoms with Crippen LogP contribution in [0.5, 0.6) is 5.75 Å². The van der Waals surface area contributed by atoms with Crippen molar-refractivity contribution >= 4 is 18.1 Å². The van der Waals surface area contributed by atoms with E-state index in [1.165, 1.54) is 32.6 Å². The number of rotatable bonds is 4. The minimum absolute atomic E-state index is 0.181. The van der Waals surface area contributed by atoms with Gasteiger partial charge in [-0.3, -0.25) is 0 Å². The standard InChI is InChI=1S/C12H15FNO2P/c1-5-6-14-10-7-9(13)12(17(3,4)15)8-11(10)16-2/h1,7-8,14H,6H2,2-4H3. The molecule has 92 valence electrons. The van der Waals surface area contributed by atoms with Gasteiger partial charge in [-0.25, -0.2) is 4.39 Å². The number of terminal acetylenes is 1. The molecule has 0 saturated heterocycles. The van der Waals surface area contributed by atoms with Gasteiger partial charge in [-0.1, -0.05) is 5.92 Å². The van der Waals surface area contributed by atoms with E-state index >= 15 is 0 Å². The van der Waals surface area contributed by atoms with Crippen LogP contribution in [0.1, 0.15) is 0 Å². The third-order valence-electron chi connectivity index (χ3n) is 2.23. The lowest BCUT2D eigenvalue weighted by atomic mass is 10.2. The highest BCUT2D eigenvalue weighted by Crippen LogP contribution is 2.38. The van der Waals surface area contributed by atoms with E-state index in [-0.39, 0.29) is 11.8 Å². The van der Waals surface area contributed by atoms with Crippen molar-refractivity contribution in [3.05, 3.63) is 17.9 Å². The second-order valence-corrected chi connectivity index (χ2v) is 7.10. The Morgan fingerprint density at radius 3 is 2.65 bits per heavy atom. The maximum Gasteiger partial charge on any atom is 0.142 e. The zero-order valence-corrected chi connectivity index (χ0v) is 11.0. The van der Waals surface area contributed by atoms with Gasteiger partial charge in [0.25, 0.3) is 0 Å². The van der Waals surface area contributed by atoms with Crippen LogP contribution in [0.2, 0.25) is 0 Å². The predicted molar refractivity (Wildman–Crippen MR) is 69.4 cm³/mol. The normalized spacial score (nSPS) is 10.8. The van der Waals surface area contributed by atoms with Gasteiger partial charge < -0.3 is 14.6 Å². The summed E-state index contributed by atoms with van der Waals surface area (Å²) < 4.78 is 30.8. The van der Waals surface area contributed by atoms with E-state index in [0.29, 0.717) is 11.4 Å². The summed E-state index contributed by atoms with van der Waals surface area (Å²) in [5.41, 5.74) is 0.458. The highest BCUT2D eigenvalue weighted by atomic mass is 31.2. The van der Waals surface area contributed by atoms with Gasteiger partial charge in [0.05, 0.1) is 24.6 Å². The summed E-state index contributed by atoms with van der Waals surface area (Å²) in [5.74, 6) is 2.30. The van der Waals surface area contributed by atoms with Gasteiger partial charge in [-0.05, 0) is 19.4 Å². The largest absolute Gasteiger partial charge is 0.495 e. The molecule has 1 aromatic rings. The lowest BCUT2D eigenvalue weighted by molar-refractivity contribution is 0.416. The van der Waals surface area contributed by atoms with Crippen molar-refractivity contribution in [2.45, 2.75) is 0 Å². The molecule has 0 radical (unpaired) electrons. The fourth-order valence-electron chi connectivity index (χ4n) is 1.41. The summed E-state index contributed by atoms with van der Waals surface area (Å²) in [6, 6.07) is 2.71. The van der Waals surface area contributed by atoms with Crippen molar-refractivity contribution < 1.29 is 13.7 Å². The smallest absolute Gasteiger partial charge is 0.142 e. The monoisotopic (exact) mass is 255 g/mol. The van der Waals surface area contributed by atoms with Gasteiger partial charge in [0.15, 0.2) is 0 Å². The van der Waals surface area contributed by atoms with Crippen LogP contribution in [0.3, 0.4) is 0 Å². The SMILES string of the molecule is C#CCNc1cc(F)c(P(C)(C)=O)cc1OC. The van der Waals surface area contributed by atoms with Crippen molar-refractivity contribution in [3.8, 4) is 18.1 Å². The summed E-state index contributed by atoms with van der Waals surface area (Å²) in [4.78, 5) is 0. The van der Waals surface area contributed by atoms with Crippen LogP contribution in [-0.2, 0) is 4.57 Å².